The topological polar surface area (TPSA) is 101 Å². The van der Waals surface area contributed by atoms with Crippen molar-refractivity contribution >= 4 is 22.6 Å². The van der Waals surface area contributed by atoms with Gasteiger partial charge in [-0.05, 0) is 0 Å². The van der Waals surface area contributed by atoms with Gasteiger partial charge in [-0.2, -0.15) is 4.98 Å². The average molecular weight is 330 g/mol. The predicted molar refractivity (Wildman–Crippen MR) is 86.3 cm³/mol. The molecule has 0 unspecified atom stereocenters. The van der Waals surface area contributed by atoms with Crippen molar-refractivity contribution in [1.82, 2.24) is 15.1 Å². The van der Waals surface area contributed by atoms with E-state index in [9.17, 15) is 4.79 Å². The molecule has 8 heteroatoms. The van der Waals surface area contributed by atoms with Gasteiger partial charge in [-0.15, -0.1) is 0 Å². The number of thiazole rings is 1. The summed E-state index contributed by atoms with van der Waals surface area (Å²) in [4.78, 5) is 19.6. The van der Waals surface area contributed by atoms with E-state index in [1.165, 1.54) is 25.7 Å². The minimum absolute atomic E-state index is 0.260. The van der Waals surface area contributed by atoms with Crippen LogP contribution in [0, 0.1) is 0 Å². The third-order valence-corrected chi connectivity index (χ3v) is 3.77. The summed E-state index contributed by atoms with van der Waals surface area (Å²) in [6.07, 6.45) is 4.55. The monoisotopic (exact) mass is 330 g/mol. The Bertz CT molecular complexity index is 767. The lowest BCUT2D eigenvalue weighted by atomic mass is 10.1. The average Bonchev–Trinajstić information content (AvgIpc) is 3.22. The summed E-state index contributed by atoms with van der Waals surface area (Å²) < 4.78 is 4.73. The lowest BCUT2D eigenvalue weighted by molar-refractivity contribution is 0.209. The van der Waals surface area contributed by atoms with Gasteiger partial charge in [-0.1, -0.05) is 66.1 Å². The highest BCUT2D eigenvalue weighted by Gasteiger charge is 2.18. The second kappa shape index (κ2) is 7.01. The molecule has 2 aromatic heterocycles. The van der Waals surface area contributed by atoms with Gasteiger partial charge in [0.05, 0.1) is 5.69 Å². The summed E-state index contributed by atoms with van der Waals surface area (Å²) in [6.45, 7) is 0. The fourth-order valence-electron chi connectivity index (χ4n) is 1.68. The highest BCUT2D eigenvalue weighted by atomic mass is 32.1. The molecule has 1 aromatic carbocycles. The quantitative estimate of drug-likeness (QED) is 0.749. The third kappa shape index (κ3) is 4.13. The third-order valence-electron chi connectivity index (χ3n) is 2.81. The summed E-state index contributed by atoms with van der Waals surface area (Å²) >= 11 is 1.15. The minimum Gasteiger partial charge on any atom is -0.465 e. The van der Waals surface area contributed by atoms with Crippen LogP contribution in [-0.2, 0) is 0 Å². The van der Waals surface area contributed by atoms with Crippen molar-refractivity contribution < 1.29 is 14.4 Å². The number of rotatable bonds is 3. The van der Waals surface area contributed by atoms with Gasteiger partial charge in [-0.3, -0.25) is 5.32 Å². The van der Waals surface area contributed by atoms with Gasteiger partial charge in [0.25, 0.3) is 0 Å². The number of nitrogens with one attached hydrogen (secondary N) is 1. The molecule has 3 aromatic rings. The molecular formula is C15H14N4O3S. The van der Waals surface area contributed by atoms with Crippen LogP contribution in [0.1, 0.15) is 19.3 Å². The molecule has 0 saturated heterocycles. The van der Waals surface area contributed by atoms with E-state index in [4.69, 9.17) is 9.63 Å². The van der Waals surface area contributed by atoms with Crippen LogP contribution in [0.3, 0.4) is 0 Å². The van der Waals surface area contributed by atoms with Crippen LogP contribution in [0.25, 0.3) is 22.0 Å². The summed E-state index contributed by atoms with van der Waals surface area (Å²) in [5, 5.41) is 15.0. The van der Waals surface area contributed by atoms with Crippen LogP contribution in [0.15, 0.2) is 41.2 Å². The largest absolute Gasteiger partial charge is 0.465 e. The van der Waals surface area contributed by atoms with Crippen LogP contribution in [0.2, 0.25) is 0 Å². The standard InChI is InChI=1S/C12H8N4O3S.C3H6/c17-12(18)15-11-14-8(7-4-2-1-3-5-7)9(20-11)10-13-6-19-16-10;1-2-3-1/h1-6H,(H,14,15)(H,17,18);1-3H2. The second-order valence-electron chi connectivity index (χ2n) is 4.81. The number of aromatic nitrogens is 3. The number of hydrogen-bond donors (Lipinski definition) is 2. The first-order chi connectivity index (χ1) is 11.2. The molecule has 0 radical (unpaired) electrons. The molecule has 0 bridgehead atoms. The number of benzene rings is 1. The van der Waals surface area contributed by atoms with Gasteiger partial charge < -0.3 is 9.63 Å². The second-order valence-corrected chi connectivity index (χ2v) is 5.81. The van der Waals surface area contributed by atoms with E-state index in [1.54, 1.807) is 0 Å². The molecule has 1 amide bonds. The summed E-state index contributed by atoms with van der Waals surface area (Å²) in [5.41, 5.74) is 1.46. The molecule has 23 heavy (non-hydrogen) atoms. The zero-order valence-electron chi connectivity index (χ0n) is 12.1. The van der Waals surface area contributed by atoms with Gasteiger partial charge >= 0.3 is 6.09 Å². The van der Waals surface area contributed by atoms with E-state index in [2.05, 4.69) is 20.4 Å². The summed E-state index contributed by atoms with van der Waals surface area (Å²) in [5.74, 6) is 0.375. The molecule has 0 atom stereocenters. The van der Waals surface area contributed by atoms with Crippen molar-refractivity contribution in [3.8, 4) is 22.0 Å². The maximum Gasteiger partial charge on any atom is 0.410 e. The lowest BCUT2D eigenvalue weighted by Crippen LogP contribution is -2.06. The van der Waals surface area contributed by atoms with Gasteiger partial charge in [0, 0.05) is 5.56 Å². The smallest absolute Gasteiger partial charge is 0.410 e. The van der Waals surface area contributed by atoms with Crippen LogP contribution >= 0.6 is 11.3 Å². The Balaban J connectivity index is 0.000000468. The molecule has 7 nitrogen and oxygen atoms in total. The Hall–Kier alpha value is -2.74. The molecule has 2 N–H and O–H groups in total. The number of hydrogen-bond acceptors (Lipinski definition) is 6. The predicted octanol–water partition coefficient (Wildman–Crippen LogP) is 4.12. The number of amides is 1. The Kier molecular flexibility index (Phi) is 4.62. The highest BCUT2D eigenvalue weighted by Crippen LogP contribution is 2.37. The van der Waals surface area contributed by atoms with E-state index < -0.39 is 6.09 Å². The Morgan fingerprint density at radius 2 is 1.96 bits per heavy atom. The summed E-state index contributed by atoms with van der Waals surface area (Å²) in [7, 11) is 0. The first-order valence-corrected chi connectivity index (χ1v) is 7.88. The Labute approximate surface area is 136 Å². The van der Waals surface area contributed by atoms with Gasteiger partial charge in [0.1, 0.15) is 4.88 Å². The first-order valence-electron chi connectivity index (χ1n) is 7.07. The SMILES string of the molecule is C1CC1.O=C(O)Nc1nc(-c2ccccc2)c(-c2ncon2)s1. The summed E-state index contributed by atoms with van der Waals surface area (Å²) in [6, 6.07) is 9.39. The zero-order valence-corrected chi connectivity index (χ0v) is 12.9. The van der Waals surface area contributed by atoms with Crippen molar-refractivity contribution in [2.75, 3.05) is 5.32 Å². The lowest BCUT2D eigenvalue weighted by Gasteiger charge is -1.97. The van der Waals surface area contributed by atoms with Crippen molar-refractivity contribution in [2.45, 2.75) is 19.3 Å². The fraction of sp³-hybridized carbons (Fsp3) is 0.200. The van der Waals surface area contributed by atoms with Crippen LogP contribution < -0.4 is 5.32 Å². The van der Waals surface area contributed by atoms with Gasteiger partial charge in [-0.25, -0.2) is 9.78 Å². The molecule has 118 valence electrons. The number of carboxylic acid groups (broad SMARTS) is 1. The molecule has 1 aliphatic rings. The molecule has 0 aliphatic heterocycles. The maximum atomic E-state index is 10.7. The van der Waals surface area contributed by atoms with E-state index in [-0.39, 0.29) is 5.13 Å². The number of nitrogens with zero attached hydrogens (tertiary/aromatic N) is 3. The van der Waals surface area contributed by atoms with Crippen LogP contribution in [-0.4, -0.2) is 26.3 Å². The number of carbonyl (C=O) groups is 1. The molecule has 4 rings (SSSR count). The Morgan fingerprint density at radius 3 is 2.52 bits per heavy atom. The molecule has 0 spiro atoms. The van der Waals surface area contributed by atoms with Gasteiger partial charge in [0.15, 0.2) is 5.13 Å². The van der Waals surface area contributed by atoms with Crippen molar-refractivity contribution in [3.05, 3.63) is 36.7 Å². The normalized spacial score (nSPS) is 12.2. The van der Waals surface area contributed by atoms with Crippen molar-refractivity contribution in [1.29, 1.82) is 0 Å². The Morgan fingerprint density at radius 1 is 1.22 bits per heavy atom. The van der Waals surface area contributed by atoms with E-state index in [1.807, 2.05) is 30.3 Å². The zero-order chi connectivity index (χ0) is 16.1. The van der Waals surface area contributed by atoms with Gasteiger partial charge in [0.2, 0.25) is 12.2 Å². The maximum absolute atomic E-state index is 10.7. The van der Waals surface area contributed by atoms with Crippen LogP contribution in [0.4, 0.5) is 9.93 Å². The minimum atomic E-state index is -1.17. The van der Waals surface area contributed by atoms with E-state index in [0.717, 1.165) is 16.9 Å². The van der Waals surface area contributed by atoms with Crippen molar-refractivity contribution in [2.24, 2.45) is 0 Å². The van der Waals surface area contributed by atoms with Crippen LogP contribution in [0.5, 0.6) is 0 Å². The molecule has 1 saturated carbocycles. The molecule has 2 heterocycles. The molecular weight excluding hydrogens is 316 g/mol. The number of anilines is 1. The first kappa shape index (κ1) is 15.2. The van der Waals surface area contributed by atoms with E-state index in [0.29, 0.717) is 16.4 Å². The van der Waals surface area contributed by atoms with Crippen molar-refractivity contribution in [3.63, 3.8) is 0 Å². The molecule has 1 aliphatic carbocycles. The highest BCUT2D eigenvalue weighted by molar-refractivity contribution is 7.19. The molecule has 1 fully saturated rings. The van der Waals surface area contributed by atoms with E-state index >= 15 is 0 Å². The fourth-order valence-corrected chi connectivity index (χ4v) is 2.59.